The molecule has 4 rings (SSSR count). The van der Waals surface area contributed by atoms with Crippen molar-refractivity contribution in [2.45, 2.75) is 176 Å². The Morgan fingerprint density at radius 3 is 1.69 bits per heavy atom. The molecule has 0 spiro atoms. The number of nitrogens with two attached hydrogens (primary N) is 4. The van der Waals surface area contributed by atoms with Crippen molar-refractivity contribution < 1.29 is 28.8 Å². The van der Waals surface area contributed by atoms with E-state index in [4.69, 9.17) is 22.9 Å². The average molecular weight is 1040 g/mol. The number of aliphatic imine (C=N–C) groups is 2. The third-order valence-electron chi connectivity index (χ3n) is 11.7. The van der Waals surface area contributed by atoms with E-state index in [0.717, 1.165) is 12.8 Å². The zero-order valence-electron chi connectivity index (χ0n) is 43.2. The lowest BCUT2D eigenvalue weighted by Gasteiger charge is -2.41. The second-order valence-electron chi connectivity index (χ2n) is 18.0. The topological polar surface area (TPSA) is 332 Å². The molecule has 18 nitrogen and oxygen atoms in total. The van der Waals surface area contributed by atoms with Crippen molar-refractivity contribution in [1.82, 2.24) is 33.0 Å². The maximum Gasteiger partial charge on any atom is 0.237 e. The monoisotopic (exact) mass is 1040 g/mol. The number of hydrogen-bond donors (Lipinski definition) is 8. The molecule has 68 heavy (non-hydrogen) atoms. The summed E-state index contributed by atoms with van der Waals surface area (Å²) in [7, 11) is 6.36. The fraction of sp³-hybridized carbons (Fsp3) is 0.826. The van der Waals surface area contributed by atoms with E-state index in [1.807, 2.05) is 74.2 Å². The summed E-state index contributed by atoms with van der Waals surface area (Å²) < 4.78 is 0. The van der Waals surface area contributed by atoms with Crippen LogP contribution in [0.1, 0.15) is 146 Å². The van der Waals surface area contributed by atoms with Crippen LogP contribution in [0.25, 0.3) is 0 Å². The molecule has 22 heteroatoms. The van der Waals surface area contributed by atoms with Crippen molar-refractivity contribution in [3.8, 4) is 0 Å². The molecule has 16 N–H and O–H groups in total. The predicted octanol–water partition coefficient (Wildman–Crippen LogP) is 6.02. The zero-order valence-corrected chi connectivity index (χ0v) is 46.5. The lowest BCUT2D eigenvalue weighted by Crippen LogP contribution is -2.60. The third-order valence-corrected chi connectivity index (χ3v) is 16.9. The SMILES string of the molecule is CC.CC.CC(C)CC(=O)C1(C)CSSCCC(=O)[C@H](CCCN=C(N)N)NC(=O)[C@@H]2CCCN21.CC(C)CC(=O)C1(C)CSSCCC(=O)[C@H](CCCN=C(N)N)NN2CCC[C@H]2C1=O.N.N. The molecule has 396 valence electrons. The van der Waals surface area contributed by atoms with Crippen LogP contribution in [-0.4, -0.2) is 136 Å². The summed E-state index contributed by atoms with van der Waals surface area (Å²) in [5, 5.41) is 4.90. The summed E-state index contributed by atoms with van der Waals surface area (Å²) in [5.74, 6) is 3.12. The van der Waals surface area contributed by atoms with Gasteiger partial charge in [-0.3, -0.25) is 43.7 Å². The van der Waals surface area contributed by atoms with Gasteiger partial charge in [0, 0.05) is 74.9 Å². The highest BCUT2D eigenvalue weighted by atomic mass is 33.1. The number of nitrogens with one attached hydrogen (secondary N) is 2. The molecule has 4 saturated heterocycles. The summed E-state index contributed by atoms with van der Waals surface area (Å²) in [6, 6.07) is -1.71. The Hall–Kier alpha value is -2.44. The Morgan fingerprint density at radius 2 is 1.16 bits per heavy atom. The Labute approximate surface area is 424 Å². The van der Waals surface area contributed by atoms with Gasteiger partial charge in [0.2, 0.25) is 5.91 Å². The van der Waals surface area contributed by atoms with Crippen molar-refractivity contribution >= 4 is 89.9 Å². The van der Waals surface area contributed by atoms with Gasteiger partial charge in [0.25, 0.3) is 0 Å². The quantitative estimate of drug-likeness (QED) is 0.0324. The first-order valence-electron chi connectivity index (χ1n) is 24.2. The summed E-state index contributed by atoms with van der Waals surface area (Å²) in [6.45, 7) is 22.2. The van der Waals surface area contributed by atoms with E-state index < -0.39 is 17.0 Å². The van der Waals surface area contributed by atoms with Gasteiger partial charge < -0.3 is 40.6 Å². The van der Waals surface area contributed by atoms with Crippen LogP contribution in [-0.2, 0) is 28.8 Å². The van der Waals surface area contributed by atoms with Gasteiger partial charge in [-0.15, -0.1) is 0 Å². The molecule has 0 aliphatic carbocycles. The number of amides is 1. The smallest absolute Gasteiger partial charge is 0.237 e. The first-order valence-corrected chi connectivity index (χ1v) is 29.1. The minimum atomic E-state index is -1.01. The number of carbonyl (C=O) groups excluding carboxylic acids is 6. The fourth-order valence-electron chi connectivity index (χ4n) is 8.14. The zero-order chi connectivity index (χ0) is 50.0. The summed E-state index contributed by atoms with van der Waals surface area (Å²) in [4.78, 5) is 88.9. The Morgan fingerprint density at radius 1 is 0.691 bits per heavy atom. The number of fused-ring (bicyclic) bond motifs is 2. The van der Waals surface area contributed by atoms with Gasteiger partial charge in [0.1, 0.15) is 5.78 Å². The Bertz CT molecular complexity index is 1600. The number of nitrogens with zero attached hydrogens (tertiary/aromatic N) is 4. The number of rotatable bonds is 14. The van der Waals surface area contributed by atoms with Gasteiger partial charge >= 0.3 is 0 Å². The van der Waals surface area contributed by atoms with Crippen LogP contribution in [0.2, 0.25) is 0 Å². The largest absolute Gasteiger partial charge is 0.370 e. The van der Waals surface area contributed by atoms with Crippen molar-refractivity contribution in [3.63, 3.8) is 0 Å². The molecule has 0 aromatic heterocycles. The minimum Gasteiger partial charge on any atom is -0.370 e. The molecule has 4 heterocycles. The summed E-state index contributed by atoms with van der Waals surface area (Å²) >= 11 is 0. The molecule has 6 atom stereocenters. The average Bonchev–Trinajstić information content (AvgIpc) is 3.96. The lowest BCUT2D eigenvalue weighted by molar-refractivity contribution is -0.143. The predicted molar refractivity (Wildman–Crippen MR) is 290 cm³/mol. The van der Waals surface area contributed by atoms with Crippen molar-refractivity contribution in [3.05, 3.63) is 0 Å². The van der Waals surface area contributed by atoms with E-state index in [0.29, 0.717) is 113 Å². The molecular formula is C46H92N12O6S4. The number of carbonyl (C=O) groups is 6. The first-order chi connectivity index (χ1) is 31.3. The lowest BCUT2D eigenvalue weighted by atomic mass is 9.77. The van der Waals surface area contributed by atoms with Crippen molar-refractivity contribution in [2.75, 3.05) is 49.2 Å². The van der Waals surface area contributed by atoms with E-state index in [9.17, 15) is 28.8 Å². The molecule has 0 aromatic rings. The van der Waals surface area contributed by atoms with E-state index in [-0.39, 0.29) is 89.0 Å². The number of hydrazine groups is 1. The second-order valence-corrected chi connectivity index (χ2v) is 23.1. The Balaban J connectivity index is 0. The van der Waals surface area contributed by atoms with Crippen molar-refractivity contribution in [1.29, 1.82) is 0 Å². The van der Waals surface area contributed by atoms with Crippen LogP contribution in [0.15, 0.2) is 9.98 Å². The van der Waals surface area contributed by atoms with Gasteiger partial charge in [-0.1, -0.05) is 98.6 Å². The first kappa shape index (κ1) is 67.6. The molecule has 1 amide bonds. The van der Waals surface area contributed by atoms with Crippen LogP contribution in [0, 0.1) is 17.3 Å². The number of ketones is 5. The molecular weight excluding hydrogens is 945 g/mol. The van der Waals surface area contributed by atoms with Crippen LogP contribution in [0.3, 0.4) is 0 Å². The van der Waals surface area contributed by atoms with Gasteiger partial charge in [-0.25, -0.2) is 10.4 Å². The molecule has 0 aromatic carbocycles. The summed E-state index contributed by atoms with van der Waals surface area (Å²) in [6.07, 6.45) is 7.21. The van der Waals surface area contributed by atoms with Gasteiger partial charge in [-0.05, 0) is 77.0 Å². The van der Waals surface area contributed by atoms with E-state index in [1.54, 1.807) is 32.4 Å². The van der Waals surface area contributed by atoms with E-state index in [1.165, 1.54) is 10.8 Å². The van der Waals surface area contributed by atoms with Gasteiger partial charge in [-0.2, -0.15) is 0 Å². The highest BCUT2D eigenvalue weighted by Crippen LogP contribution is 2.39. The molecule has 4 fully saturated rings. The second kappa shape index (κ2) is 35.6. The van der Waals surface area contributed by atoms with Crippen LogP contribution in [0.4, 0.5) is 0 Å². The molecule has 4 aliphatic rings. The number of Topliss-reactive ketones (excluding diaryl/α,β-unsaturated/α-hetero) is 5. The maximum atomic E-state index is 13.7. The van der Waals surface area contributed by atoms with Crippen LogP contribution >= 0.6 is 43.2 Å². The van der Waals surface area contributed by atoms with Gasteiger partial charge in [0.15, 0.2) is 35.1 Å². The van der Waals surface area contributed by atoms with Crippen LogP contribution in [0.5, 0.6) is 0 Å². The maximum absolute atomic E-state index is 13.7. The van der Waals surface area contributed by atoms with Crippen LogP contribution < -0.4 is 46.0 Å². The summed E-state index contributed by atoms with van der Waals surface area (Å²) in [5.41, 5.74) is 23.2. The Kier molecular flexibility index (Phi) is 35.4. The molecule has 0 saturated carbocycles. The van der Waals surface area contributed by atoms with E-state index in [2.05, 4.69) is 25.6 Å². The number of hydrogen-bond acceptors (Lipinski definition) is 17. The standard InChI is InChI=1S/2C21H37N5O3S2.2C2H6.2H3N/c1-14(2)12-18(28)21(3)13-31-30-11-8-17(27)15(6-4-9-24-20(22)23)25-19(29)16-7-5-10-26(16)21;1-14(2)12-18(28)21(3)13-31-30-11-8-17(27)15(6-4-9-24-20(22)23)25-26-10-5-7-16(26)19(21)29;2*1-2;;/h14-16H,4-13H2,1-3H3,(H,25,29)(H4,22,23,24);14-16,25H,4-13H2,1-3H3,(H4,22,23,24);2*1-2H3;2*1H3/t2*15-,16-,21?;;;;/m00..../s1. The minimum absolute atomic E-state index is 0. The van der Waals surface area contributed by atoms with Gasteiger partial charge in [0.05, 0.1) is 35.1 Å². The normalized spacial score (nSPS) is 26.2. The molecule has 4 aliphatic heterocycles. The molecule has 0 radical (unpaired) electrons. The van der Waals surface area contributed by atoms with E-state index >= 15 is 0 Å². The third kappa shape index (κ3) is 22.3. The fourth-order valence-corrected chi connectivity index (χ4v) is 13.3. The molecule has 0 bridgehead atoms. The highest BCUT2D eigenvalue weighted by molar-refractivity contribution is 8.77. The van der Waals surface area contributed by atoms with Crippen molar-refractivity contribution in [2.24, 2.45) is 50.2 Å². The highest BCUT2D eigenvalue weighted by Gasteiger charge is 2.49. The number of guanidine groups is 2. The molecule has 2 unspecified atom stereocenters.